The summed E-state index contributed by atoms with van der Waals surface area (Å²) in [6, 6.07) is 0. The number of nitrogens with one attached hydrogen (secondary N) is 2. The Hall–Kier alpha value is -1.10. The first-order chi connectivity index (χ1) is 8.20. The highest BCUT2D eigenvalue weighted by molar-refractivity contribution is 5.75. The lowest BCUT2D eigenvalue weighted by atomic mass is 10.3. The Morgan fingerprint density at radius 3 is 2.65 bits per heavy atom. The minimum Gasteiger partial charge on any atom is -0.359 e. The Kier molecular flexibility index (Phi) is 10.7. The fraction of sp³-hybridized carbons (Fsp3) is 0.833. The first-order valence-corrected chi connectivity index (χ1v) is 6.33. The van der Waals surface area contributed by atoms with Gasteiger partial charge < -0.3 is 15.5 Å². The zero-order chi connectivity index (χ0) is 12.9. The van der Waals surface area contributed by atoms with Crippen molar-refractivity contribution in [3.63, 3.8) is 0 Å². The number of carbonyl (C=O) groups is 2. The quantitative estimate of drug-likeness (QED) is 0.407. The number of nitrogens with zero attached hydrogens (tertiary/aromatic N) is 1. The zero-order valence-electron chi connectivity index (χ0n) is 11.0. The molecule has 0 bridgehead atoms. The molecule has 0 aliphatic carbocycles. The van der Waals surface area contributed by atoms with Gasteiger partial charge in [0.1, 0.15) is 0 Å². The monoisotopic (exact) mass is 243 g/mol. The Morgan fingerprint density at radius 1 is 1.24 bits per heavy atom. The summed E-state index contributed by atoms with van der Waals surface area (Å²) < 4.78 is 0. The van der Waals surface area contributed by atoms with E-state index in [4.69, 9.17) is 0 Å². The van der Waals surface area contributed by atoms with Crippen LogP contribution in [0.3, 0.4) is 0 Å². The van der Waals surface area contributed by atoms with Crippen LogP contribution >= 0.6 is 0 Å². The molecule has 0 saturated heterocycles. The number of carbonyl (C=O) groups excluding carboxylic acids is 2. The van der Waals surface area contributed by atoms with E-state index in [-0.39, 0.29) is 5.91 Å². The van der Waals surface area contributed by atoms with E-state index >= 15 is 0 Å². The van der Waals surface area contributed by atoms with Gasteiger partial charge in [-0.25, -0.2) is 0 Å². The fourth-order valence-corrected chi connectivity index (χ4v) is 1.40. The minimum atomic E-state index is 0.0828. The lowest BCUT2D eigenvalue weighted by Crippen LogP contribution is -2.31. The molecule has 0 rings (SSSR count). The molecule has 0 saturated carbocycles. The predicted octanol–water partition coefficient (Wildman–Crippen LogP) is 0.361. The van der Waals surface area contributed by atoms with Crippen LogP contribution in [0.4, 0.5) is 0 Å². The summed E-state index contributed by atoms with van der Waals surface area (Å²) >= 11 is 0. The van der Waals surface area contributed by atoms with Crippen molar-refractivity contribution in [1.29, 1.82) is 0 Å². The van der Waals surface area contributed by atoms with E-state index in [0.717, 1.165) is 19.5 Å². The summed E-state index contributed by atoms with van der Waals surface area (Å²) in [4.78, 5) is 23.6. The molecule has 0 aromatic rings. The van der Waals surface area contributed by atoms with E-state index in [2.05, 4.69) is 22.5 Å². The molecular weight excluding hydrogens is 218 g/mol. The summed E-state index contributed by atoms with van der Waals surface area (Å²) in [7, 11) is 2.04. The summed E-state index contributed by atoms with van der Waals surface area (Å²) in [5.41, 5.74) is 0. The van der Waals surface area contributed by atoms with Gasteiger partial charge in [-0.15, -0.1) is 0 Å². The van der Waals surface area contributed by atoms with Crippen LogP contribution in [0.15, 0.2) is 0 Å². The molecule has 0 heterocycles. The molecule has 0 aromatic carbocycles. The highest BCUT2D eigenvalue weighted by Gasteiger charge is 2.03. The van der Waals surface area contributed by atoms with Gasteiger partial charge in [0, 0.05) is 26.1 Å². The third-order valence-electron chi connectivity index (χ3n) is 2.52. The normalized spacial score (nSPS) is 10.3. The average Bonchev–Trinajstić information content (AvgIpc) is 2.33. The van der Waals surface area contributed by atoms with Gasteiger partial charge in [0.15, 0.2) is 0 Å². The van der Waals surface area contributed by atoms with Crippen molar-refractivity contribution in [2.75, 3.05) is 33.2 Å². The predicted molar refractivity (Wildman–Crippen MR) is 68.7 cm³/mol. The van der Waals surface area contributed by atoms with Crippen LogP contribution in [-0.2, 0) is 9.59 Å². The van der Waals surface area contributed by atoms with Gasteiger partial charge in [0.2, 0.25) is 12.3 Å². The van der Waals surface area contributed by atoms with Gasteiger partial charge in [-0.2, -0.15) is 0 Å². The topological polar surface area (TPSA) is 61.4 Å². The number of hydrogen-bond donors (Lipinski definition) is 2. The van der Waals surface area contributed by atoms with E-state index in [1.807, 2.05) is 7.05 Å². The third-order valence-corrected chi connectivity index (χ3v) is 2.52. The van der Waals surface area contributed by atoms with Gasteiger partial charge in [0.05, 0.1) is 0 Å². The Morgan fingerprint density at radius 2 is 2.00 bits per heavy atom. The van der Waals surface area contributed by atoms with Crippen molar-refractivity contribution in [3.05, 3.63) is 0 Å². The van der Waals surface area contributed by atoms with Crippen LogP contribution in [0.1, 0.15) is 32.6 Å². The number of amides is 2. The lowest BCUT2D eigenvalue weighted by Gasteiger charge is -2.15. The summed E-state index contributed by atoms with van der Waals surface area (Å²) in [5, 5.41) is 5.39. The third kappa shape index (κ3) is 11.2. The van der Waals surface area contributed by atoms with Crippen LogP contribution < -0.4 is 10.6 Å². The molecule has 0 radical (unpaired) electrons. The largest absolute Gasteiger partial charge is 0.359 e. The molecule has 0 unspecified atom stereocenters. The van der Waals surface area contributed by atoms with Crippen LogP contribution in [-0.4, -0.2) is 50.4 Å². The first kappa shape index (κ1) is 15.9. The van der Waals surface area contributed by atoms with Crippen LogP contribution in [0.5, 0.6) is 0 Å². The van der Waals surface area contributed by atoms with Crippen molar-refractivity contribution >= 4 is 12.3 Å². The van der Waals surface area contributed by atoms with Crippen LogP contribution in [0.2, 0.25) is 0 Å². The number of rotatable bonds is 11. The maximum absolute atomic E-state index is 11.4. The SMILES string of the molecule is CCCCN(C)CCC(=O)NCCCNC=O. The molecule has 2 amide bonds. The maximum atomic E-state index is 11.4. The van der Waals surface area contributed by atoms with Crippen molar-refractivity contribution in [2.45, 2.75) is 32.6 Å². The minimum absolute atomic E-state index is 0.0828. The smallest absolute Gasteiger partial charge is 0.221 e. The molecular formula is C12H25N3O2. The molecule has 0 aromatic heterocycles. The summed E-state index contributed by atoms with van der Waals surface area (Å²) in [5.74, 6) is 0.0828. The van der Waals surface area contributed by atoms with Gasteiger partial charge in [0.25, 0.3) is 0 Å². The van der Waals surface area contributed by atoms with Crippen LogP contribution in [0, 0.1) is 0 Å². The molecule has 2 N–H and O–H groups in total. The number of hydrogen-bond acceptors (Lipinski definition) is 3. The molecule has 17 heavy (non-hydrogen) atoms. The summed E-state index contributed by atoms with van der Waals surface area (Å²) in [6.45, 7) is 5.25. The molecule has 5 heteroatoms. The summed E-state index contributed by atoms with van der Waals surface area (Å²) in [6.07, 6.45) is 4.34. The van der Waals surface area contributed by atoms with E-state index < -0.39 is 0 Å². The van der Waals surface area contributed by atoms with Crippen LogP contribution in [0.25, 0.3) is 0 Å². The molecule has 0 spiro atoms. The van der Waals surface area contributed by atoms with Gasteiger partial charge >= 0.3 is 0 Å². The Labute approximate surface area is 104 Å². The maximum Gasteiger partial charge on any atom is 0.221 e. The Balaban J connectivity index is 3.36. The van der Waals surface area contributed by atoms with Gasteiger partial charge in [-0.3, -0.25) is 9.59 Å². The highest BCUT2D eigenvalue weighted by atomic mass is 16.1. The van der Waals surface area contributed by atoms with E-state index in [1.165, 1.54) is 12.8 Å². The molecule has 0 atom stereocenters. The van der Waals surface area contributed by atoms with Crippen molar-refractivity contribution < 1.29 is 9.59 Å². The second-order valence-corrected chi connectivity index (χ2v) is 4.18. The molecule has 5 nitrogen and oxygen atoms in total. The zero-order valence-corrected chi connectivity index (χ0v) is 11.0. The lowest BCUT2D eigenvalue weighted by molar-refractivity contribution is -0.121. The van der Waals surface area contributed by atoms with Gasteiger partial charge in [-0.05, 0) is 26.4 Å². The van der Waals surface area contributed by atoms with Crippen molar-refractivity contribution in [2.24, 2.45) is 0 Å². The van der Waals surface area contributed by atoms with Gasteiger partial charge in [-0.1, -0.05) is 13.3 Å². The van der Waals surface area contributed by atoms with Crippen molar-refractivity contribution in [3.8, 4) is 0 Å². The fourth-order valence-electron chi connectivity index (χ4n) is 1.40. The number of unbranched alkanes of at least 4 members (excludes halogenated alkanes) is 1. The standard InChI is InChI=1S/C12H25N3O2/c1-3-4-9-15(2)10-6-12(17)14-8-5-7-13-11-16/h11H,3-10H2,1-2H3,(H,13,16)(H,14,17). The second-order valence-electron chi connectivity index (χ2n) is 4.18. The molecule has 0 aliphatic rings. The second kappa shape index (κ2) is 11.4. The highest BCUT2D eigenvalue weighted by Crippen LogP contribution is 1.93. The molecule has 0 aliphatic heterocycles. The van der Waals surface area contributed by atoms with E-state index in [0.29, 0.717) is 25.9 Å². The molecule has 100 valence electrons. The average molecular weight is 243 g/mol. The first-order valence-electron chi connectivity index (χ1n) is 6.33. The molecule has 0 fully saturated rings. The van der Waals surface area contributed by atoms with E-state index in [9.17, 15) is 9.59 Å². The Bertz CT molecular complexity index is 210. The van der Waals surface area contributed by atoms with Crippen molar-refractivity contribution in [1.82, 2.24) is 15.5 Å². The van der Waals surface area contributed by atoms with E-state index in [1.54, 1.807) is 0 Å².